The van der Waals surface area contributed by atoms with E-state index in [4.69, 9.17) is 0 Å². The zero-order valence-electron chi connectivity index (χ0n) is 7.07. The zero-order valence-corrected chi connectivity index (χ0v) is 10.2. The standard InChI is InChI=1S/C7H12Br2O2/c1-6(2,3)7(4,8)5(10)11-9/h1-4H3. The highest BCUT2D eigenvalue weighted by molar-refractivity contribution is 9.10. The van der Waals surface area contributed by atoms with Gasteiger partial charge in [0.05, 0.1) is 0 Å². The average molecular weight is 288 g/mol. The normalized spacial score (nSPS) is 17.3. The molecule has 11 heavy (non-hydrogen) atoms. The molecule has 0 aromatic rings. The maximum absolute atomic E-state index is 11.2. The quantitative estimate of drug-likeness (QED) is 0.693. The summed E-state index contributed by atoms with van der Waals surface area (Å²) in [7, 11) is 0. The van der Waals surface area contributed by atoms with E-state index in [1.165, 1.54) is 0 Å². The molecule has 1 unspecified atom stereocenters. The van der Waals surface area contributed by atoms with Crippen LogP contribution in [-0.2, 0) is 8.62 Å². The second kappa shape index (κ2) is 3.44. The summed E-state index contributed by atoms with van der Waals surface area (Å²) in [5, 5.41) is 0. The van der Waals surface area contributed by atoms with E-state index in [0.717, 1.165) is 0 Å². The second-order valence-corrected chi connectivity index (χ2v) is 5.53. The first-order valence-electron chi connectivity index (χ1n) is 3.25. The van der Waals surface area contributed by atoms with Crippen LogP contribution < -0.4 is 0 Å². The Hall–Kier alpha value is 0.430. The average Bonchev–Trinajstić information content (AvgIpc) is 1.83. The van der Waals surface area contributed by atoms with E-state index in [9.17, 15) is 4.79 Å². The van der Waals surface area contributed by atoms with Crippen LogP contribution in [0, 0.1) is 5.41 Å². The minimum atomic E-state index is -0.649. The number of hydrogen-bond donors (Lipinski definition) is 0. The molecule has 0 N–H and O–H groups in total. The van der Waals surface area contributed by atoms with Gasteiger partial charge in [0.15, 0.2) is 16.3 Å². The molecule has 0 saturated heterocycles. The van der Waals surface area contributed by atoms with Gasteiger partial charge in [0.1, 0.15) is 4.32 Å². The van der Waals surface area contributed by atoms with E-state index in [2.05, 4.69) is 36.0 Å². The van der Waals surface area contributed by atoms with Crippen LogP contribution >= 0.6 is 32.2 Å². The minimum Gasteiger partial charge on any atom is -0.382 e. The Kier molecular flexibility index (Phi) is 3.57. The molecule has 2 nitrogen and oxygen atoms in total. The lowest BCUT2D eigenvalue weighted by Gasteiger charge is -2.33. The van der Waals surface area contributed by atoms with Crippen molar-refractivity contribution in [3.63, 3.8) is 0 Å². The topological polar surface area (TPSA) is 26.3 Å². The van der Waals surface area contributed by atoms with Gasteiger partial charge in [-0.1, -0.05) is 36.7 Å². The summed E-state index contributed by atoms with van der Waals surface area (Å²) in [6, 6.07) is 0. The van der Waals surface area contributed by atoms with Crippen molar-refractivity contribution in [3.05, 3.63) is 0 Å². The molecule has 0 aliphatic rings. The predicted octanol–water partition coefficient (Wildman–Crippen LogP) is 3.04. The molecule has 66 valence electrons. The van der Waals surface area contributed by atoms with Crippen molar-refractivity contribution in [1.82, 2.24) is 0 Å². The van der Waals surface area contributed by atoms with E-state index < -0.39 is 4.32 Å². The number of halogens is 2. The molecule has 0 aliphatic carbocycles. The summed E-state index contributed by atoms with van der Waals surface area (Å²) in [5.74, 6) is -0.315. The number of alkyl halides is 1. The van der Waals surface area contributed by atoms with Crippen LogP contribution in [0.2, 0.25) is 0 Å². The Labute approximate surface area is 84.3 Å². The van der Waals surface area contributed by atoms with Gasteiger partial charge < -0.3 is 3.83 Å². The van der Waals surface area contributed by atoms with Gasteiger partial charge >= 0.3 is 5.97 Å². The fourth-order valence-corrected chi connectivity index (χ4v) is 1.00. The van der Waals surface area contributed by atoms with Crippen LogP contribution in [0.5, 0.6) is 0 Å². The van der Waals surface area contributed by atoms with E-state index >= 15 is 0 Å². The summed E-state index contributed by atoms with van der Waals surface area (Å²) in [5.41, 5.74) is -0.169. The van der Waals surface area contributed by atoms with E-state index in [1.54, 1.807) is 6.92 Å². The summed E-state index contributed by atoms with van der Waals surface area (Å²) < 4.78 is 3.82. The largest absolute Gasteiger partial charge is 0.382 e. The molecule has 4 heteroatoms. The molecule has 1 atom stereocenters. The summed E-state index contributed by atoms with van der Waals surface area (Å²) >= 11 is 5.99. The van der Waals surface area contributed by atoms with Crippen LogP contribution in [0.3, 0.4) is 0 Å². The minimum absolute atomic E-state index is 0.169. The highest BCUT2D eigenvalue weighted by Gasteiger charge is 2.43. The van der Waals surface area contributed by atoms with Crippen molar-refractivity contribution in [2.45, 2.75) is 32.0 Å². The molecule has 0 heterocycles. The van der Waals surface area contributed by atoms with Crippen LogP contribution in [-0.4, -0.2) is 10.3 Å². The summed E-state index contributed by atoms with van der Waals surface area (Å²) in [6.07, 6.45) is 0. The van der Waals surface area contributed by atoms with Crippen LogP contribution in [0.15, 0.2) is 0 Å². The third-order valence-corrected chi connectivity index (χ3v) is 3.67. The molecular weight excluding hydrogens is 276 g/mol. The fourth-order valence-electron chi connectivity index (χ4n) is 0.379. The Bertz CT molecular complexity index is 158. The van der Waals surface area contributed by atoms with Gasteiger partial charge in [-0.15, -0.1) is 0 Å². The monoisotopic (exact) mass is 286 g/mol. The van der Waals surface area contributed by atoms with Gasteiger partial charge in [0, 0.05) is 0 Å². The maximum Gasteiger partial charge on any atom is 0.334 e. The Balaban J connectivity index is 4.59. The first-order valence-corrected chi connectivity index (χ1v) is 4.69. The Morgan fingerprint density at radius 1 is 1.27 bits per heavy atom. The van der Waals surface area contributed by atoms with Gasteiger partial charge in [-0.25, -0.2) is 4.79 Å². The Morgan fingerprint density at radius 3 is 1.73 bits per heavy atom. The molecule has 0 rings (SSSR count). The molecule has 0 amide bonds. The second-order valence-electron chi connectivity index (χ2n) is 3.62. The zero-order chi connectivity index (χ0) is 9.28. The highest BCUT2D eigenvalue weighted by Crippen LogP contribution is 2.39. The number of carbonyl (C=O) groups excluding carboxylic acids is 1. The molecule has 0 bridgehead atoms. The predicted molar refractivity (Wildman–Crippen MR) is 51.8 cm³/mol. The van der Waals surface area contributed by atoms with Gasteiger partial charge in [-0.3, -0.25) is 0 Å². The van der Waals surface area contributed by atoms with E-state index in [1.807, 2.05) is 20.8 Å². The van der Waals surface area contributed by atoms with Gasteiger partial charge in [-0.05, 0) is 12.3 Å². The van der Waals surface area contributed by atoms with E-state index in [-0.39, 0.29) is 11.4 Å². The molecule has 0 spiro atoms. The number of hydrogen-bond acceptors (Lipinski definition) is 2. The molecule has 0 aromatic heterocycles. The van der Waals surface area contributed by atoms with Crippen LogP contribution in [0.4, 0.5) is 0 Å². The molecule has 0 aliphatic heterocycles. The van der Waals surface area contributed by atoms with Crippen LogP contribution in [0.1, 0.15) is 27.7 Å². The van der Waals surface area contributed by atoms with Crippen LogP contribution in [0.25, 0.3) is 0 Å². The highest BCUT2D eigenvalue weighted by atomic mass is 79.9. The molecule has 0 fully saturated rings. The van der Waals surface area contributed by atoms with Crippen molar-refractivity contribution in [1.29, 1.82) is 0 Å². The lowest BCUT2D eigenvalue weighted by atomic mass is 9.82. The molecular formula is C7H12Br2O2. The van der Waals surface area contributed by atoms with Crippen molar-refractivity contribution in [2.75, 3.05) is 0 Å². The van der Waals surface area contributed by atoms with Gasteiger partial charge in [-0.2, -0.15) is 0 Å². The lowest BCUT2D eigenvalue weighted by molar-refractivity contribution is -0.137. The first kappa shape index (κ1) is 11.4. The molecule has 0 aromatic carbocycles. The smallest absolute Gasteiger partial charge is 0.334 e. The lowest BCUT2D eigenvalue weighted by Crippen LogP contribution is -2.41. The summed E-state index contributed by atoms with van der Waals surface area (Å²) in [6.45, 7) is 7.68. The SMILES string of the molecule is CC(C)(C)C(C)(Br)C(=O)OBr. The Morgan fingerprint density at radius 2 is 1.64 bits per heavy atom. The third-order valence-electron chi connectivity index (χ3n) is 1.86. The van der Waals surface area contributed by atoms with Gasteiger partial charge in [0.2, 0.25) is 0 Å². The van der Waals surface area contributed by atoms with Crippen molar-refractivity contribution in [3.8, 4) is 0 Å². The number of rotatable bonds is 1. The van der Waals surface area contributed by atoms with Crippen molar-refractivity contribution >= 4 is 38.2 Å². The number of carbonyl (C=O) groups is 1. The van der Waals surface area contributed by atoms with Crippen molar-refractivity contribution < 1.29 is 8.62 Å². The van der Waals surface area contributed by atoms with Crippen molar-refractivity contribution in [2.24, 2.45) is 5.41 Å². The first-order chi connectivity index (χ1) is 4.73. The van der Waals surface area contributed by atoms with E-state index in [0.29, 0.717) is 0 Å². The molecule has 0 radical (unpaired) electrons. The summed E-state index contributed by atoms with van der Waals surface area (Å²) in [4.78, 5) is 11.2. The van der Waals surface area contributed by atoms with Gasteiger partial charge in [0.25, 0.3) is 0 Å². The fraction of sp³-hybridized carbons (Fsp3) is 0.857. The third kappa shape index (κ3) is 2.44. The molecule has 0 saturated carbocycles. The maximum atomic E-state index is 11.2.